The quantitative estimate of drug-likeness (QED) is 0.159. The molecule has 0 spiro atoms. The Balaban J connectivity index is 3.42. The molecule has 0 N–H and O–H groups in total. The lowest BCUT2D eigenvalue weighted by Crippen LogP contribution is -2.38. The van der Waals surface area contributed by atoms with Gasteiger partial charge in [-0.3, -0.25) is 0 Å². The van der Waals surface area contributed by atoms with Crippen molar-refractivity contribution in [1.82, 2.24) is 0 Å². The van der Waals surface area contributed by atoms with Crippen molar-refractivity contribution < 1.29 is 4.79 Å². The first kappa shape index (κ1) is 22.9. The second-order valence-corrected chi connectivity index (χ2v) is 14.4. The maximum atomic E-state index is 11.5. The van der Waals surface area contributed by atoms with Gasteiger partial charge in [-0.2, -0.15) is 0 Å². The molecule has 0 fully saturated rings. The van der Waals surface area contributed by atoms with E-state index in [1.54, 1.807) is 0 Å². The highest BCUT2D eigenvalue weighted by Crippen LogP contribution is 2.40. The van der Waals surface area contributed by atoms with Crippen LogP contribution in [0, 0.1) is 0 Å². The third-order valence-corrected chi connectivity index (χ3v) is 9.57. The topological polar surface area (TPSA) is 17.1 Å². The smallest absolute Gasteiger partial charge is 0.123 e. The van der Waals surface area contributed by atoms with E-state index < -0.39 is 8.07 Å². The Bertz CT molecular complexity index is 282. The summed E-state index contributed by atoms with van der Waals surface area (Å²) in [5.74, 6) is 0. The fraction of sp³-hybridized carbons (Fsp3) is 0.952. The van der Waals surface area contributed by atoms with Crippen LogP contribution in [-0.2, 0) is 4.79 Å². The summed E-state index contributed by atoms with van der Waals surface area (Å²) in [5.41, 5.74) is 0. The molecule has 0 saturated carbocycles. The summed E-state index contributed by atoms with van der Waals surface area (Å²) in [7, 11) is -1.38. The average Bonchev–Trinajstić information content (AvgIpc) is 2.50. The van der Waals surface area contributed by atoms with E-state index in [1.165, 1.54) is 89.8 Å². The van der Waals surface area contributed by atoms with E-state index in [0.717, 1.165) is 6.42 Å². The third kappa shape index (κ3) is 11.1. The maximum Gasteiger partial charge on any atom is 0.123 e. The Labute approximate surface area is 148 Å². The highest BCUT2D eigenvalue weighted by molar-refractivity contribution is 6.81. The third-order valence-electron chi connectivity index (χ3n) is 5.77. The van der Waals surface area contributed by atoms with Gasteiger partial charge in [-0.15, -0.1) is 0 Å². The summed E-state index contributed by atoms with van der Waals surface area (Å²) >= 11 is 0. The van der Waals surface area contributed by atoms with Crippen molar-refractivity contribution in [3.8, 4) is 0 Å². The number of carbonyl (C=O) groups excluding carboxylic acids is 1. The minimum Gasteiger partial charge on any atom is -0.303 e. The van der Waals surface area contributed by atoms with Gasteiger partial charge in [0, 0.05) is 5.04 Å². The predicted molar refractivity (Wildman–Crippen MR) is 108 cm³/mol. The molecule has 1 unspecified atom stereocenters. The molecule has 23 heavy (non-hydrogen) atoms. The van der Waals surface area contributed by atoms with Gasteiger partial charge in [0.05, 0.1) is 8.07 Å². The highest BCUT2D eigenvalue weighted by Gasteiger charge is 2.38. The van der Waals surface area contributed by atoms with E-state index in [2.05, 4.69) is 33.5 Å². The van der Waals surface area contributed by atoms with Crippen molar-refractivity contribution in [1.29, 1.82) is 0 Å². The largest absolute Gasteiger partial charge is 0.303 e. The Morgan fingerprint density at radius 2 is 1.04 bits per heavy atom. The van der Waals surface area contributed by atoms with E-state index >= 15 is 0 Å². The standard InChI is InChI=1S/C21H44OSi/c1-6-7-8-9-10-11-12-13-14-15-16-17-18-19-21(2,20-22)23(3,4)5/h20H,6-19H2,1-5H3. The van der Waals surface area contributed by atoms with Crippen LogP contribution >= 0.6 is 0 Å². The normalized spacial score (nSPS) is 14.7. The maximum absolute atomic E-state index is 11.5. The van der Waals surface area contributed by atoms with Gasteiger partial charge in [0.25, 0.3) is 0 Å². The molecule has 0 aromatic heterocycles. The van der Waals surface area contributed by atoms with Crippen molar-refractivity contribution in [2.24, 2.45) is 0 Å². The van der Waals surface area contributed by atoms with E-state index in [4.69, 9.17) is 0 Å². The van der Waals surface area contributed by atoms with Crippen molar-refractivity contribution >= 4 is 14.4 Å². The molecule has 0 aliphatic carbocycles. The fourth-order valence-electron chi connectivity index (χ4n) is 3.12. The minimum atomic E-state index is -1.38. The van der Waals surface area contributed by atoms with Gasteiger partial charge in [0.2, 0.25) is 0 Å². The lowest BCUT2D eigenvalue weighted by Gasteiger charge is -2.35. The zero-order valence-electron chi connectivity index (χ0n) is 16.9. The molecule has 138 valence electrons. The lowest BCUT2D eigenvalue weighted by atomic mass is 10.0. The molecule has 0 aromatic carbocycles. The lowest BCUT2D eigenvalue weighted by molar-refractivity contribution is -0.110. The molecule has 2 heteroatoms. The first-order valence-electron chi connectivity index (χ1n) is 10.3. The van der Waals surface area contributed by atoms with Crippen LogP contribution in [0.3, 0.4) is 0 Å². The Morgan fingerprint density at radius 3 is 1.35 bits per heavy atom. The molecule has 0 amide bonds. The van der Waals surface area contributed by atoms with Gasteiger partial charge >= 0.3 is 0 Å². The SMILES string of the molecule is CCCCCCCCCCCCCCCC(C)(C=O)[Si](C)(C)C. The molecule has 0 bridgehead atoms. The van der Waals surface area contributed by atoms with Gasteiger partial charge in [-0.1, -0.05) is 117 Å². The Morgan fingerprint density at radius 1 is 0.696 bits per heavy atom. The van der Waals surface area contributed by atoms with Crippen LogP contribution in [0.2, 0.25) is 24.7 Å². The van der Waals surface area contributed by atoms with Crippen molar-refractivity contribution in [2.75, 3.05) is 0 Å². The van der Waals surface area contributed by atoms with Crippen LogP contribution in [0.4, 0.5) is 0 Å². The van der Waals surface area contributed by atoms with Crippen LogP contribution in [-0.4, -0.2) is 14.4 Å². The van der Waals surface area contributed by atoms with Crippen molar-refractivity contribution in [3.05, 3.63) is 0 Å². The molecule has 0 aliphatic rings. The summed E-state index contributed by atoms with van der Waals surface area (Å²) in [4.78, 5) is 11.5. The van der Waals surface area contributed by atoms with Crippen LogP contribution in [0.5, 0.6) is 0 Å². The fourth-order valence-corrected chi connectivity index (χ4v) is 4.40. The zero-order chi connectivity index (χ0) is 17.6. The van der Waals surface area contributed by atoms with Crippen LogP contribution < -0.4 is 0 Å². The van der Waals surface area contributed by atoms with Gasteiger partial charge < -0.3 is 4.79 Å². The highest BCUT2D eigenvalue weighted by atomic mass is 28.3. The second-order valence-electron chi connectivity index (χ2n) is 8.78. The summed E-state index contributed by atoms with van der Waals surface area (Å²) in [5, 5.41) is -0.0230. The summed E-state index contributed by atoms with van der Waals surface area (Å²) in [6.07, 6.45) is 20.5. The van der Waals surface area contributed by atoms with Crippen molar-refractivity contribution in [2.45, 2.75) is 128 Å². The van der Waals surface area contributed by atoms with Crippen LogP contribution in [0.15, 0.2) is 0 Å². The molecule has 0 radical (unpaired) electrons. The van der Waals surface area contributed by atoms with Gasteiger partial charge in [0.1, 0.15) is 6.29 Å². The van der Waals surface area contributed by atoms with Gasteiger partial charge in [0.15, 0.2) is 0 Å². The second kappa shape index (κ2) is 13.2. The monoisotopic (exact) mass is 340 g/mol. The molecular formula is C21H44OSi. The van der Waals surface area contributed by atoms with Crippen molar-refractivity contribution in [3.63, 3.8) is 0 Å². The van der Waals surface area contributed by atoms with Crippen LogP contribution in [0.1, 0.15) is 104 Å². The molecule has 0 heterocycles. The molecule has 1 atom stereocenters. The summed E-state index contributed by atoms with van der Waals surface area (Å²) in [6.45, 7) is 11.4. The minimum absolute atomic E-state index is 0.0230. The van der Waals surface area contributed by atoms with E-state index in [0.29, 0.717) is 0 Å². The first-order chi connectivity index (χ1) is 10.9. The van der Waals surface area contributed by atoms with Gasteiger partial charge in [-0.05, 0) is 6.42 Å². The number of carbonyl (C=O) groups is 1. The van der Waals surface area contributed by atoms with Gasteiger partial charge in [-0.25, -0.2) is 0 Å². The number of rotatable bonds is 16. The molecular weight excluding hydrogens is 296 g/mol. The summed E-state index contributed by atoms with van der Waals surface area (Å²) in [6, 6.07) is 0. The molecule has 0 rings (SSSR count). The summed E-state index contributed by atoms with van der Waals surface area (Å²) < 4.78 is 0. The number of aldehydes is 1. The van der Waals surface area contributed by atoms with Crippen LogP contribution in [0.25, 0.3) is 0 Å². The zero-order valence-corrected chi connectivity index (χ0v) is 17.9. The molecule has 0 aromatic rings. The molecule has 0 aliphatic heterocycles. The van der Waals surface area contributed by atoms with E-state index in [1.807, 2.05) is 0 Å². The first-order valence-corrected chi connectivity index (χ1v) is 13.8. The number of hydrogen-bond donors (Lipinski definition) is 0. The number of unbranched alkanes of at least 4 members (excludes halogenated alkanes) is 12. The van der Waals surface area contributed by atoms with E-state index in [-0.39, 0.29) is 5.04 Å². The number of hydrogen-bond acceptors (Lipinski definition) is 1. The Kier molecular flexibility index (Phi) is 13.1. The van der Waals surface area contributed by atoms with E-state index in [9.17, 15) is 4.79 Å². The molecule has 1 nitrogen and oxygen atoms in total. The predicted octanol–water partition coefficient (Wildman–Crippen LogP) is 7.77. The molecule has 0 saturated heterocycles. The average molecular weight is 341 g/mol. The Hall–Kier alpha value is -0.113.